The second-order valence-electron chi connectivity index (χ2n) is 4.33. The smallest absolute Gasteiger partial charge is 0.220 e. The molecule has 1 aromatic heterocycles. The van der Waals surface area contributed by atoms with Crippen LogP contribution in [-0.2, 0) is 16.0 Å². The lowest BCUT2D eigenvalue weighted by atomic mass is 10.1. The molecular weight excluding hydrogens is 234 g/mol. The lowest BCUT2D eigenvalue weighted by molar-refractivity contribution is -0.126. The maximum Gasteiger partial charge on any atom is 0.220 e. The van der Waals surface area contributed by atoms with Crippen LogP contribution in [0.1, 0.15) is 31.6 Å². The average Bonchev–Trinajstić information content (AvgIpc) is 2.78. The van der Waals surface area contributed by atoms with Gasteiger partial charge < -0.3 is 5.32 Å². The first-order valence-electron chi connectivity index (χ1n) is 5.91. The van der Waals surface area contributed by atoms with E-state index in [0.717, 1.165) is 12.8 Å². The van der Waals surface area contributed by atoms with Crippen LogP contribution in [0.5, 0.6) is 0 Å². The predicted molar refractivity (Wildman–Crippen MR) is 70.1 cm³/mol. The summed E-state index contributed by atoms with van der Waals surface area (Å²) in [5.74, 6) is 0.0357. The van der Waals surface area contributed by atoms with Gasteiger partial charge in [0.2, 0.25) is 5.91 Å². The number of amides is 1. The molecule has 0 aliphatic rings. The molecule has 1 heterocycles. The van der Waals surface area contributed by atoms with Crippen LogP contribution in [-0.4, -0.2) is 18.2 Å². The molecule has 94 valence electrons. The largest absolute Gasteiger partial charge is 0.349 e. The Morgan fingerprint density at radius 1 is 1.41 bits per heavy atom. The third kappa shape index (κ3) is 5.63. The van der Waals surface area contributed by atoms with Crippen molar-refractivity contribution in [2.24, 2.45) is 5.92 Å². The van der Waals surface area contributed by atoms with Gasteiger partial charge in [-0.1, -0.05) is 19.9 Å². The lowest BCUT2D eigenvalue weighted by Gasteiger charge is -2.06. The van der Waals surface area contributed by atoms with Crippen LogP contribution in [0.25, 0.3) is 0 Å². The van der Waals surface area contributed by atoms with Gasteiger partial charge >= 0.3 is 0 Å². The number of nitrogens with one attached hydrogen (secondary N) is 1. The van der Waals surface area contributed by atoms with E-state index in [9.17, 15) is 9.59 Å². The summed E-state index contributed by atoms with van der Waals surface area (Å²) in [6.07, 6.45) is 2.26. The van der Waals surface area contributed by atoms with Gasteiger partial charge in [-0.25, -0.2) is 0 Å². The van der Waals surface area contributed by atoms with Crippen LogP contribution in [0.3, 0.4) is 0 Å². The molecule has 1 amide bonds. The lowest BCUT2D eigenvalue weighted by Crippen LogP contribution is -2.31. The third-order valence-electron chi connectivity index (χ3n) is 2.51. The van der Waals surface area contributed by atoms with Gasteiger partial charge in [0, 0.05) is 17.2 Å². The van der Waals surface area contributed by atoms with Crippen molar-refractivity contribution in [3.05, 3.63) is 22.4 Å². The molecule has 1 aromatic rings. The molecule has 0 bridgehead atoms. The molecule has 0 aliphatic carbocycles. The van der Waals surface area contributed by atoms with Gasteiger partial charge in [-0.05, 0) is 24.3 Å². The maximum atomic E-state index is 11.4. The van der Waals surface area contributed by atoms with Gasteiger partial charge in [-0.15, -0.1) is 11.3 Å². The first kappa shape index (κ1) is 13.9. The molecule has 0 radical (unpaired) electrons. The first-order valence-corrected chi connectivity index (χ1v) is 6.79. The van der Waals surface area contributed by atoms with Gasteiger partial charge in [-0.2, -0.15) is 0 Å². The predicted octanol–water partition coefficient (Wildman–Crippen LogP) is 2.41. The number of rotatable bonds is 7. The Kier molecular flexibility index (Phi) is 5.91. The minimum absolute atomic E-state index is 0.0126. The summed E-state index contributed by atoms with van der Waals surface area (Å²) in [4.78, 5) is 24.0. The van der Waals surface area contributed by atoms with Gasteiger partial charge in [0.05, 0.1) is 6.54 Å². The van der Waals surface area contributed by atoms with E-state index >= 15 is 0 Å². The molecule has 0 unspecified atom stereocenters. The van der Waals surface area contributed by atoms with Crippen LogP contribution < -0.4 is 5.32 Å². The normalized spacial score (nSPS) is 10.5. The zero-order valence-electron chi connectivity index (χ0n) is 10.4. The summed E-state index contributed by atoms with van der Waals surface area (Å²) < 4.78 is 0. The highest BCUT2D eigenvalue weighted by Crippen LogP contribution is 2.11. The van der Waals surface area contributed by atoms with Crippen molar-refractivity contribution >= 4 is 23.0 Å². The number of carbonyl (C=O) groups excluding carboxylic acids is 2. The molecule has 3 nitrogen and oxygen atoms in total. The van der Waals surface area contributed by atoms with Crippen LogP contribution in [0.4, 0.5) is 0 Å². The van der Waals surface area contributed by atoms with E-state index in [1.807, 2.05) is 25.3 Å². The van der Waals surface area contributed by atoms with Crippen LogP contribution in [0, 0.1) is 5.92 Å². The van der Waals surface area contributed by atoms with Crippen LogP contribution in [0.15, 0.2) is 17.5 Å². The van der Waals surface area contributed by atoms with E-state index in [4.69, 9.17) is 0 Å². The Morgan fingerprint density at radius 3 is 2.76 bits per heavy atom. The summed E-state index contributed by atoms with van der Waals surface area (Å²) in [6.45, 7) is 3.84. The fourth-order valence-corrected chi connectivity index (χ4v) is 2.11. The number of thiophene rings is 1. The minimum atomic E-state index is -0.0319. The number of ketones is 1. The van der Waals surface area contributed by atoms with Crippen molar-refractivity contribution in [1.29, 1.82) is 0 Å². The summed E-state index contributed by atoms with van der Waals surface area (Å²) in [6, 6.07) is 4.09. The molecule has 4 heteroatoms. The zero-order valence-corrected chi connectivity index (χ0v) is 11.2. The van der Waals surface area contributed by atoms with Crippen molar-refractivity contribution in [2.45, 2.75) is 33.1 Å². The van der Waals surface area contributed by atoms with Gasteiger partial charge in [0.25, 0.3) is 0 Å². The SMILES string of the molecule is CC(C)C(=O)CNC(=O)CCCc1cccs1. The van der Waals surface area contributed by atoms with E-state index in [2.05, 4.69) is 11.4 Å². The Labute approximate surface area is 106 Å². The Morgan fingerprint density at radius 2 is 2.18 bits per heavy atom. The highest BCUT2D eigenvalue weighted by atomic mass is 32.1. The van der Waals surface area contributed by atoms with Crippen LogP contribution >= 0.6 is 11.3 Å². The molecule has 17 heavy (non-hydrogen) atoms. The third-order valence-corrected chi connectivity index (χ3v) is 3.45. The highest BCUT2D eigenvalue weighted by molar-refractivity contribution is 7.09. The van der Waals surface area contributed by atoms with Crippen molar-refractivity contribution < 1.29 is 9.59 Å². The molecule has 0 fully saturated rings. The molecular formula is C13H19NO2S. The Bertz CT molecular complexity index is 358. The molecule has 0 saturated heterocycles. The van der Waals surface area contributed by atoms with Gasteiger partial charge in [0.1, 0.15) is 0 Å². The van der Waals surface area contributed by atoms with Crippen molar-refractivity contribution in [3.8, 4) is 0 Å². The molecule has 0 atom stereocenters. The Balaban J connectivity index is 2.11. The monoisotopic (exact) mass is 253 g/mol. The molecule has 0 saturated carbocycles. The number of hydrogen-bond acceptors (Lipinski definition) is 3. The van der Waals surface area contributed by atoms with Gasteiger partial charge in [-0.3, -0.25) is 9.59 Å². The van der Waals surface area contributed by atoms with E-state index in [0.29, 0.717) is 6.42 Å². The van der Waals surface area contributed by atoms with Crippen molar-refractivity contribution in [1.82, 2.24) is 5.32 Å². The molecule has 1 rings (SSSR count). The average molecular weight is 253 g/mol. The number of aryl methyl sites for hydroxylation is 1. The summed E-state index contributed by atoms with van der Waals surface area (Å²) in [7, 11) is 0. The molecule has 0 aromatic carbocycles. The van der Waals surface area contributed by atoms with Crippen molar-refractivity contribution in [3.63, 3.8) is 0 Å². The summed E-state index contributed by atoms with van der Waals surface area (Å²) >= 11 is 1.71. The number of carbonyl (C=O) groups is 2. The quantitative estimate of drug-likeness (QED) is 0.811. The fraction of sp³-hybridized carbons (Fsp3) is 0.538. The van der Waals surface area contributed by atoms with E-state index in [1.54, 1.807) is 11.3 Å². The van der Waals surface area contributed by atoms with Crippen molar-refractivity contribution in [2.75, 3.05) is 6.54 Å². The summed E-state index contributed by atoms with van der Waals surface area (Å²) in [5, 5.41) is 4.70. The van der Waals surface area contributed by atoms with E-state index in [-0.39, 0.29) is 24.2 Å². The number of Topliss-reactive ketones (excluding diaryl/α,β-unsaturated/α-hetero) is 1. The first-order chi connectivity index (χ1) is 8.09. The van der Waals surface area contributed by atoms with E-state index < -0.39 is 0 Å². The fourth-order valence-electron chi connectivity index (χ4n) is 1.36. The zero-order chi connectivity index (χ0) is 12.7. The van der Waals surface area contributed by atoms with Gasteiger partial charge in [0.15, 0.2) is 5.78 Å². The molecule has 0 aliphatic heterocycles. The Hall–Kier alpha value is -1.16. The molecule has 1 N–H and O–H groups in total. The summed E-state index contributed by atoms with van der Waals surface area (Å²) in [5.41, 5.74) is 0. The van der Waals surface area contributed by atoms with Crippen LogP contribution in [0.2, 0.25) is 0 Å². The topological polar surface area (TPSA) is 46.2 Å². The highest BCUT2D eigenvalue weighted by Gasteiger charge is 2.08. The molecule has 0 spiro atoms. The minimum Gasteiger partial charge on any atom is -0.349 e. The number of hydrogen-bond donors (Lipinski definition) is 1. The second kappa shape index (κ2) is 7.22. The standard InChI is InChI=1S/C13H19NO2S/c1-10(2)12(15)9-14-13(16)7-3-5-11-6-4-8-17-11/h4,6,8,10H,3,5,7,9H2,1-2H3,(H,14,16). The second-order valence-corrected chi connectivity index (χ2v) is 5.36. The van der Waals surface area contributed by atoms with E-state index in [1.165, 1.54) is 4.88 Å². The maximum absolute atomic E-state index is 11.4.